The van der Waals surface area contributed by atoms with Crippen LogP contribution < -0.4 is 20.5 Å². The number of alkyl carbamates (subject to hydrolysis) is 1. The van der Waals surface area contributed by atoms with Gasteiger partial charge in [0.2, 0.25) is 5.91 Å². The molecule has 0 saturated carbocycles. The second kappa shape index (κ2) is 10.2. The Kier molecular flexibility index (Phi) is 7.30. The fraction of sp³-hybridized carbons (Fsp3) is 0.310. The Morgan fingerprint density at radius 1 is 1.08 bits per heavy atom. The fourth-order valence-corrected chi connectivity index (χ4v) is 5.49. The molecule has 7 nitrogen and oxygen atoms in total. The van der Waals surface area contributed by atoms with E-state index < -0.39 is 34.9 Å². The fourth-order valence-electron chi connectivity index (χ4n) is 5.22. The van der Waals surface area contributed by atoms with Crippen molar-refractivity contribution in [2.45, 2.75) is 38.8 Å². The summed E-state index contributed by atoms with van der Waals surface area (Å²) in [5, 5.41) is 3.18. The quantitative estimate of drug-likeness (QED) is 0.408. The zero-order valence-electron chi connectivity index (χ0n) is 21.9. The summed E-state index contributed by atoms with van der Waals surface area (Å²) < 4.78 is 32.7. The van der Waals surface area contributed by atoms with Crippen LogP contribution in [0.3, 0.4) is 0 Å². The summed E-state index contributed by atoms with van der Waals surface area (Å²) in [5.74, 6) is -1.21. The normalized spacial score (nSPS) is 17.2. The third-order valence-corrected chi connectivity index (χ3v) is 7.15. The topological polar surface area (TPSA) is 99.9 Å². The highest BCUT2D eigenvalue weighted by Gasteiger charge is 2.53. The molecule has 9 heteroatoms. The Labute approximate surface area is 226 Å². The van der Waals surface area contributed by atoms with Crippen LogP contribution in [0.25, 0.3) is 11.1 Å². The lowest BCUT2D eigenvalue weighted by molar-refractivity contribution is 0.000417. The number of halogens is 2. The number of carbonyl (C=O) groups is 2. The highest BCUT2D eigenvalue weighted by molar-refractivity contribution is 6.34. The summed E-state index contributed by atoms with van der Waals surface area (Å²) in [5.41, 5.74) is 5.51. The molecule has 0 saturated heterocycles. The number of hydrogen-bond donors (Lipinski definition) is 2. The number of nitrogens with two attached hydrogens (primary N) is 1. The van der Waals surface area contributed by atoms with Crippen molar-refractivity contribution in [1.29, 1.82) is 0 Å². The molecule has 1 heterocycles. The van der Waals surface area contributed by atoms with Crippen LogP contribution in [-0.2, 0) is 16.8 Å². The number of amides is 2. The van der Waals surface area contributed by atoms with Crippen molar-refractivity contribution in [3.63, 3.8) is 0 Å². The van der Waals surface area contributed by atoms with Crippen molar-refractivity contribution in [3.05, 3.63) is 82.1 Å². The van der Waals surface area contributed by atoms with Crippen LogP contribution in [0.4, 0.5) is 9.18 Å². The smallest absolute Gasteiger partial charge is 0.407 e. The molecule has 1 aliphatic heterocycles. The van der Waals surface area contributed by atoms with Gasteiger partial charge in [-0.25, -0.2) is 9.18 Å². The van der Waals surface area contributed by atoms with Gasteiger partial charge < -0.3 is 25.3 Å². The Bertz CT molecular complexity index is 1390. The minimum atomic E-state index is -1.13. The number of methoxy groups -OCH3 is 2. The highest BCUT2D eigenvalue weighted by Crippen LogP contribution is 2.53. The Morgan fingerprint density at radius 2 is 1.76 bits per heavy atom. The number of carbonyl (C=O) groups excluding carboxylic acids is 2. The SMILES string of the molecule is COC(=O)NC(C(C)(C)C)C1(c2ccccc2)Cc2c(ccc(Cl)c2-c2c(C(N)=O)ccc(OC)c2F)O1. The van der Waals surface area contributed by atoms with Gasteiger partial charge in [-0.15, -0.1) is 0 Å². The van der Waals surface area contributed by atoms with Gasteiger partial charge in [0.15, 0.2) is 17.2 Å². The minimum Gasteiger partial charge on any atom is -0.494 e. The monoisotopic (exact) mass is 540 g/mol. The molecule has 38 heavy (non-hydrogen) atoms. The van der Waals surface area contributed by atoms with E-state index in [4.69, 9.17) is 31.5 Å². The Balaban J connectivity index is 2.01. The van der Waals surface area contributed by atoms with Crippen molar-refractivity contribution in [2.75, 3.05) is 14.2 Å². The molecular formula is C29H30ClFN2O5. The first-order chi connectivity index (χ1) is 17.9. The molecule has 2 unspecified atom stereocenters. The number of benzene rings is 3. The van der Waals surface area contributed by atoms with E-state index >= 15 is 4.39 Å². The summed E-state index contributed by atoms with van der Waals surface area (Å²) >= 11 is 6.70. The van der Waals surface area contributed by atoms with Gasteiger partial charge in [-0.1, -0.05) is 62.7 Å². The predicted octanol–water partition coefficient (Wildman–Crippen LogP) is 5.85. The predicted molar refractivity (Wildman–Crippen MR) is 143 cm³/mol. The van der Waals surface area contributed by atoms with Gasteiger partial charge in [0.25, 0.3) is 0 Å². The molecule has 4 rings (SSSR count). The second-order valence-electron chi connectivity index (χ2n) is 10.2. The van der Waals surface area contributed by atoms with E-state index in [1.165, 1.54) is 26.4 Å². The summed E-state index contributed by atoms with van der Waals surface area (Å²) in [4.78, 5) is 24.9. The third kappa shape index (κ3) is 4.65. The number of hydrogen-bond acceptors (Lipinski definition) is 5. The molecule has 0 spiro atoms. The third-order valence-electron chi connectivity index (χ3n) is 6.83. The molecule has 3 N–H and O–H groups in total. The van der Waals surface area contributed by atoms with E-state index in [9.17, 15) is 9.59 Å². The number of ether oxygens (including phenoxy) is 3. The Hall–Kier alpha value is -3.78. The molecule has 2 atom stereocenters. The van der Waals surface area contributed by atoms with Gasteiger partial charge in [-0.3, -0.25) is 4.79 Å². The summed E-state index contributed by atoms with van der Waals surface area (Å²) in [6.45, 7) is 5.93. The first-order valence-electron chi connectivity index (χ1n) is 12.0. The Morgan fingerprint density at radius 3 is 2.34 bits per heavy atom. The van der Waals surface area contributed by atoms with Crippen LogP contribution >= 0.6 is 11.6 Å². The van der Waals surface area contributed by atoms with Crippen LogP contribution in [-0.4, -0.2) is 32.3 Å². The second-order valence-corrected chi connectivity index (χ2v) is 10.6. The molecule has 3 aromatic rings. The van der Waals surface area contributed by atoms with Gasteiger partial charge in [0.1, 0.15) is 5.75 Å². The summed E-state index contributed by atoms with van der Waals surface area (Å²) in [7, 11) is 2.63. The highest BCUT2D eigenvalue weighted by atomic mass is 35.5. The van der Waals surface area contributed by atoms with E-state index in [0.717, 1.165) is 5.56 Å². The van der Waals surface area contributed by atoms with Crippen molar-refractivity contribution >= 4 is 23.6 Å². The van der Waals surface area contributed by atoms with Crippen molar-refractivity contribution in [1.82, 2.24) is 5.32 Å². The molecule has 0 aromatic heterocycles. The molecule has 1 aliphatic rings. The van der Waals surface area contributed by atoms with Crippen LogP contribution in [0, 0.1) is 11.2 Å². The van der Waals surface area contributed by atoms with Crippen molar-refractivity contribution in [3.8, 4) is 22.6 Å². The van der Waals surface area contributed by atoms with Crippen LogP contribution in [0.1, 0.15) is 42.3 Å². The molecular weight excluding hydrogens is 511 g/mol. The molecule has 2 amide bonds. The lowest BCUT2D eigenvalue weighted by Crippen LogP contribution is -2.59. The lowest BCUT2D eigenvalue weighted by Gasteiger charge is -2.44. The number of fused-ring (bicyclic) bond motifs is 1. The molecule has 0 bridgehead atoms. The molecule has 0 radical (unpaired) electrons. The average Bonchev–Trinajstić information content (AvgIpc) is 3.27. The zero-order chi connectivity index (χ0) is 27.8. The number of rotatable bonds is 6. The number of primary amides is 1. The van der Waals surface area contributed by atoms with Gasteiger partial charge >= 0.3 is 6.09 Å². The largest absolute Gasteiger partial charge is 0.494 e. The number of nitrogens with one attached hydrogen (secondary N) is 1. The van der Waals surface area contributed by atoms with Crippen molar-refractivity contribution < 1.29 is 28.2 Å². The first-order valence-corrected chi connectivity index (χ1v) is 12.4. The van der Waals surface area contributed by atoms with Gasteiger partial charge in [-0.05, 0) is 35.2 Å². The minimum absolute atomic E-state index is 0.0455. The summed E-state index contributed by atoms with van der Waals surface area (Å²) in [6, 6.07) is 14.9. The maximum atomic E-state index is 15.8. The molecule has 3 aromatic carbocycles. The van der Waals surface area contributed by atoms with Crippen molar-refractivity contribution in [2.24, 2.45) is 11.1 Å². The van der Waals surface area contributed by atoms with Crippen LogP contribution in [0.15, 0.2) is 54.6 Å². The first kappa shape index (κ1) is 27.3. The van der Waals surface area contributed by atoms with E-state index in [-0.39, 0.29) is 33.9 Å². The van der Waals surface area contributed by atoms with E-state index in [1.807, 2.05) is 51.1 Å². The van der Waals surface area contributed by atoms with Gasteiger partial charge in [0.05, 0.1) is 25.8 Å². The molecule has 0 fully saturated rings. The lowest BCUT2D eigenvalue weighted by atomic mass is 9.70. The maximum Gasteiger partial charge on any atom is 0.407 e. The zero-order valence-corrected chi connectivity index (χ0v) is 22.6. The van der Waals surface area contributed by atoms with Crippen LogP contribution in [0.5, 0.6) is 11.5 Å². The standard InChI is InChI=1S/C29H30ClFN2O5/c1-28(2,3)26(33-27(35)37-5)29(16-9-7-6-8-10-16)15-18-20(38-29)14-12-19(30)22(18)23-17(25(32)34)11-13-21(36-4)24(23)31/h6-14,26H,15H2,1-5H3,(H2,32,34)(H,33,35). The van der Waals surface area contributed by atoms with Gasteiger partial charge in [0, 0.05) is 28.1 Å². The van der Waals surface area contributed by atoms with E-state index in [2.05, 4.69) is 5.32 Å². The summed E-state index contributed by atoms with van der Waals surface area (Å²) in [6.07, 6.45) is -0.420. The maximum absolute atomic E-state index is 15.8. The van der Waals surface area contributed by atoms with Crippen LogP contribution in [0.2, 0.25) is 5.02 Å². The van der Waals surface area contributed by atoms with E-state index in [1.54, 1.807) is 12.1 Å². The van der Waals surface area contributed by atoms with E-state index in [0.29, 0.717) is 11.3 Å². The van der Waals surface area contributed by atoms with Gasteiger partial charge in [-0.2, -0.15) is 0 Å². The average molecular weight is 541 g/mol. The molecule has 0 aliphatic carbocycles. The molecule has 200 valence electrons.